The molecule has 1 aromatic rings. The summed E-state index contributed by atoms with van der Waals surface area (Å²) >= 11 is 0. The molecule has 0 saturated carbocycles. The van der Waals surface area contributed by atoms with Gasteiger partial charge in [0.15, 0.2) is 0 Å². The van der Waals surface area contributed by atoms with Crippen molar-refractivity contribution in [1.82, 2.24) is 0 Å². The van der Waals surface area contributed by atoms with E-state index in [1.165, 1.54) is 24.3 Å². The van der Waals surface area contributed by atoms with Gasteiger partial charge in [-0.25, -0.2) is 8.42 Å². The molecule has 4 N–H and O–H groups in total. The van der Waals surface area contributed by atoms with E-state index in [0.29, 0.717) is 5.69 Å². The van der Waals surface area contributed by atoms with Crippen molar-refractivity contribution >= 4 is 15.8 Å². The van der Waals surface area contributed by atoms with Gasteiger partial charge in [0.05, 0.1) is 4.90 Å². The quantitative estimate of drug-likeness (QED) is 0.294. The number of anilines is 1. The summed E-state index contributed by atoms with van der Waals surface area (Å²) < 4.78 is 31.0. The molecule has 0 fully saturated rings. The van der Waals surface area contributed by atoms with Gasteiger partial charge in [-0.05, 0) is 24.3 Å². The number of hydrogen-bond acceptors (Lipinski definition) is 4. The third kappa shape index (κ3) is 4.61. The SMILES string of the molecule is Nc1ccc(S(=O)(=O)[O-])cc1.O.[Na+]. The van der Waals surface area contributed by atoms with E-state index in [0.717, 1.165) is 0 Å². The maximum Gasteiger partial charge on any atom is 1.00 e. The van der Waals surface area contributed by atoms with Crippen molar-refractivity contribution in [2.24, 2.45) is 0 Å². The molecule has 5 nitrogen and oxygen atoms in total. The van der Waals surface area contributed by atoms with Gasteiger partial charge in [0.25, 0.3) is 0 Å². The molecule has 0 radical (unpaired) electrons. The molecule has 0 aliphatic heterocycles. The molecule has 0 amide bonds. The Morgan fingerprint density at radius 2 is 1.54 bits per heavy atom. The predicted octanol–water partition coefficient (Wildman–Crippen LogP) is -3.65. The van der Waals surface area contributed by atoms with Gasteiger partial charge in [-0.3, -0.25) is 0 Å². The summed E-state index contributed by atoms with van der Waals surface area (Å²) in [5.74, 6) is 0. The molecule has 0 spiro atoms. The Balaban J connectivity index is 0. The summed E-state index contributed by atoms with van der Waals surface area (Å²) in [6.07, 6.45) is 0. The first-order chi connectivity index (χ1) is 5.00. The zero-order valence-electron chi connectivity index (χ0n) is 7.02. The summed E-state index contributed by atoms with van der Waals surface area (Å²) in [6.45, 7) is 0. The molecule has 0 atom stereocenters. The van der Waals surface area contributed by atoms with E-state index in [9.17, 15) is 13.0 Å². The fourth-order valence-corrected chi connectivity index (χ4v) is 1.10. The number of hydrogen-bond donors (Lipinski definition) is 1. The first-order valence-corrected chi connectivity index (χ1v) is 4.22. The normalized spacial score (nSPS) is 9.62. The first-order valence-electron chi connectivity index (χ1n) is 2.81. The van der Waals surface area contributed by atoms with Crippen molar-refractivity contribution in [3.63, 3.8) is 0 Å². The van der Waals surface area contributed by atoms with E-state index in [2.05, 4.69) is 0 Å². The van der Waals surface area contributed by atoms with Gasteiger partial charge in [0.2, 0.25) is 0 Å². The number of rotatable bonds is 1. The Kier molecular flexibility index (Phi) is 6.60. The molecule has 1 rings (SSSR count). The third-order valence-electron chi connectivity index (χ3n) is 1.17. The van der Waals surface area contributed by atoms with Crippen LogP contribution in [0, 0.1) is 0 Å². The zero-order chi connectivity index (χ0) is 8.48. The van der Waals surface area contributed by atoms with Crippen molar-refractivity contribution < 1.29 is 48.0 Å². The molecular formula is C6H8NNaO4S. The zero-order valence-corrected chi connectivity index (χ0v) is 9.84. The van der Waals surface area contributed by atoms with Gasteiger partial charge in [-0.15, -0.1) is 0 Å². The topological polar surface area (TPSA) is 115 Å². The van der Waals surface area contributed by atoms with Crippen LogP contribution < -0.4 is 35.3 Å². The van der Waals surface area contributed by atoms with E-state index in [1.54, 1.807) is 0 Å². The summed E-state index contributed by atoms with van der Waals surface area (Å²) in [4.78, 5) is -0.258. The smallest absolute Gasteiger partial charge is 0.744 e. The second kappa shape index (κ2) is 5.58. The van der Waals surface area contributed by atoms with Crippen LogP contribution in [0.4, 0.5) is 5.69 Å². The summed E-state index contributed by atoms with van der Waals surface area (Å²) in [6, 6.07) is 5.09. The van der Waals surface area contributed by atoms with Crippen molar-refractivity contribution in [3.05, 3.63) is 24.3 Å². The fraction of sp³-hybridized carbons (Fsp3) is 0. The average Bonchev–Trinajstić information content (AvgIpc) is 1.86. The molecule has 0 aromatic heterocycles. The Labute approximate surface area is 98.3 Å². The fourth-order valence-electron chi connectivity index (χ4n) is 0.634. The van der Waals surface area contributed by atoms with Gasteiger partial charge in [0, 0.05) is 5.69 Å². The van der Waals surface area contributed by atoms with Gasteiger partial charge in [-0.2, -0.15) is 0 Å². The van der Waals surface area contributed by atoms with Crippen LogP contribution in [-0.4, -0.2) is 18.4 Å². The van der Waals surface area contributed by atoms with Crippen LogP contribution in [-0.2, 0) is 10.1 Å². The average molecular weight is 213 g/mol. The number of nitrogen functional groups attached to an aromatic ring is 1. The summed E-state index contributed by atoms with van der Waals surface area (Å²) in [7, 11) is -4.33. The minimum absolute atomic E-state index is 0. The molecule has 0 bridgehead atoms. The van der Waals surface area contributed by atoms with E-state index in [-0.39, 0.29) is 39.9 Å². The Morgan fingerprint density at radius 3 is 1.85 bits per heavy atom. The molecule has 68 valence electrons. The molecule has 0 aliphatic rings. The second-order valence-corrected chi connectivity index (χ2v) is 3.40. The standard InChI is InChI=1S/C6H7NO3S.Na.H2O/c7-5-1-3-6(4-2-5)11(8,9)10;;/h1-4H,7H2,(H,8,9,10);;1H2/q;+1;/p-1. The minimum Gasteiger partial charge on any atom is -0.744 e. The number of nitrogens with two attached hydrogens (primary N) is 1. The van der Waals surface area contributed by atoms with E-state index in [4.69, 9.17) is 5.73 Å². The van der Waals surface area contributed by atoms with Crippen LogP contribution in [0.2, 0.25) is 0 Å². The molecule has 0 unspecified atom stereocenters. The van der Waals surface area contributed by atoms with Gasteiger partial charge < -0.3 is 15.8 Å². The van der Waals surface area contributed by atoms with Crippen LogP contribution in [0.3, 0.4) is 0 Å². The molecule has 7 heteroatoms. The maximum atomic E-state index is 10.3. The van der Waals surface area contributed by atoms with Crippen LogP contribution >= 0.6 is 0 Å². The molecule has 1 aromatic carbocycles. The van der Waals surface area contributed by atoms with Crippen molar-refractivity contribution in [2.75, 3.05) is 5.73 Å². The minimum atomic E-state index is -4.33. The van der Waals surface area contributed by atoms with Gasteiger partial charge in [-0.1, -0.05) is 0 Å². The molecule has 0 saturated heterocycles. The number of benzene rings is 1. The van der Waals surface area contributed by atoms with Crippen LogP contribution in [0.25, 0.3) is 0 Å². The van der Waals surface area contributed by atoms with Crippen LogP contribution in [0.1, 0.15) is 0 Å². The Hall–Kier alpha value is -0.110. The Bertz CT molecular complexity index is 347. The third-order valence-corrected chi connectivity index (χ3v) is 2.02. The van der Waals surface area contributed by atoms with Crippen LogP contribution in [0.5, 0.6) is 0 Å². The molecule has 0 aliphatic carbocycles. The molecule has 0 heterocycles. The van der Waals surface area contributed by atoms with Gasteiger partial charge in [0.1, 0.15) is 10.1 Å². The maximum absolute atomic E-state index is 10.3. The monoisotopic (exact) mass is 213 g/mol. The van der Waals surface area contributed by atoms with E-state index < -0.39 is 10.1 Å². The Morgan fingerprint density at radius 1 is 1.15 bits per heavy atom. The van der Waals surface area contributed by atoms with E-state index >= 15 is 0 Å². The van der Waals surface area contributed by atoms with E-state index in [1.807, 2.05) is 0 Å². The molecule has 13 heavy (non-hydrogen) atoms. The van der Waals surface area contributed by atoms with Crippen LogP contribution in [0.15, 0.2) is 29.2 Å². The molecular weight excluding hydrogens is 205 g/mol. The predicted molar refractivity (Wildman–Crippen MR) is 42.4 cm³/mol. The largest absolute Gasteiger partial charge is 1.00 e. The first kappa shape index (κ1) is 15.4. The van der Waals surface area contributed by atoms with Gasteiger partial charge >= 0.3 is 29.6 Å². The second-order valence-electron chi connectivity index (χ2n) is 2.02. The van der Waals surface area contributed by atoms with Crippen molar-refractivity contribution in [1.29, 1.82) is 0 Å². The van der Waals surface area contributed by atoms with Crippen molar-refractivity contribution in [3.8, 4) is 0 Å². The summed E-state index contributed by atoms with van der Waals surface area (Å²) in [5.41, 5.74) is 5.70. The summed E-state index contributed by atoms with van der Waals surface area (Å²) in [5, 5.41) is 0. The van der Waals surface area contributed by atoms with Crippen molar-refractivity contribution in [2.45, 2.75) is 4.90 Å².